The molecule has 0 saturated carbocycles. The van der Waals surface area contributed by atoms with Crippen LogP contribution in [0.4, 0.5) is 5.95 Å². The standard InChI is InChI=1S/C11H16ClN7O/c1-7(2)8(4-20-3)15-10-16-9(12)17-11(18-10)19-6-13-5-14-19/h5-8H,4H2,1-3H3,(H,15,16,17,18). The summed E-state index contributed by atoms with van der Waals surface area (Å²) in [5, 5.41) is 7.24. The van der Waals surface area contributed by atoms with Crippen LogP contribution in [0.2, 0.25) is 5.28 Å². The number of nitrogens with one attached hydrogen (secondary N) is 1. The molecular weight excluding hydrogens is 282 g/mol. The lowest BCUT2D eigenvalue weighted by Crippen LogP contribution is -2.31. The van der Waals surface area contributed by atoms with Crippen LogP contribution in [0.25, 0.3) is 5.95 Å². The summed E-state index contributed by atoms with van der Waals surface area (Å²) >= 11 is 5.91. The van der Waals surface area contributed by atoms with Crippen LogP contribution >= 0.6 is 11.6 Å². The fourth-order valence-corrected chi connectivity index (χ4v) is 1.72. The van der Waals surface area contributed by atoms with Gasteiger partial charge in [0.15, 0.2) is 0 Å². The van der Waals surface area contributed by atoms with Gasteiger partial charge in [-0.1, -0.05) is 13.8 Å². The molecule has 1 unspecified atom stereocenters. The minimum absolute atomic E-state index is 0.0714. The van der Waals surface area contributed by atoms with E-state index in [0.717, 1.165) is 0 Å². The second-order valence-electron chi connectivity index (χ2n) is 4.52. The normalized spacial score (nSPS) is 12.7. The average Bonchev–Trinajstić information content (AvgIpc) is 2.91. The van der Waals surface area contributed by atoms with Crippen LogP contribution in [0.15, 0.2) is 12.7 Å². The van der Waals surface area contributed by atoms with Crippen LogP contribution in [-0.2, 0) is 4.74 Å². The molecule has 0 aliphatic carbocycles. The van der Waals surface area contributed by atoms with Crippen molar-refractivity contribution < 1.29 is 4.74 Å². The lowest BCUT2D eigenvalue weighted by atomic mass is 10.1. The van der Waals surface area contributed by atoms with E-state index >= 15 is 0 Å². The average molecular weight is 298 g/mol. The lowest BCUT2D eigenvalue weighted by molar-refractivity contribution is 0.171. The molecule has 2 rings (SSSR count). The van der Waals surface area contributed by atoms with E-state index in [2.05, 4.69) is 44.2 Å². The second-order valence-corrected chi connectivity index (χ2v) is 4.86. The van der Waals surface area contributed by atoms with Gasteiger partial charge in [-0.2, -0.15) is 24.7 Å². The van der Waals surface area contributed by atoms with Gasteiger partial charge in [0.05, 0.1) is 12.6 Å². The van der Waals surface area contributed by atoms with Crippen molar-refractivity contribution >= 4 is 17.5 Å². The van der Waals surface area contributed by atoms with E-state index in [1.807, 2.05) is 0 Å². The highest BCUT2D eigenvalue weighted by Crippen LogP contribution is 2.12. The first kappa shape index (κ1) is 14.6. The van der Waals surface area contributed by atoms with Gasteiger partial charge in [0.1, 0.15) is 12.7 Å². The highest BCUT2D eigenvalue weighted by Gasteiger charge is 2.16. The zero-order valence-corrected chi connectivity index (χ0v) is 12.2. The minimum atomic E-state index is 0.0714. The van der Waals surface area contributed by atoms with Gasteiger partial charge in [-0.05, 0) is 17.5 Å². The maximum Gasteiger partial charge on any atom is 0.258 e. The number of nitrogens with zero attached hydrogens (tertiary/aromatic N) is 6. The molecule has 0 bridgehead atoms. The van der Waals surface area contributed by atoms with Crippen molar-refractivity contribution in [3.8, 4) is 5.95 Å². The molecule has 2 aromatic heterocycles. The van der Waals surface area contributed by atoms with E-state index in [-0.39, 0.29) is 11.3 Å². The van der Waals surface area contributed by atoms with E-state index in [1.54, 1.807) is 7.11 Å². The van der Waals surface area contributed by atoms with E-state index in [0.29, 0.717) is 24.4 Å². The third-order valence-electron chi connectivity index (χ3n) is 2.69. The smallest absolute Gasteiger partial charge is 0.258 e. The van der Waals surface area contributed by atoms with Crippen molar-refractivity contribution in [2.75, 3.05) is 19.0 Å². The van der Waals surface area contributed by atoms with Crippen LogP contribution in [0.5, 0.6) is 0 Å². The third kappa shape index (κ3) is 3.61. The van der Waals surface area contributed by atoms with Crippen molar-refractivity contribution in [2.45, 2.75) is 19.9 Å². The van der Waals surface area contributed by atoms with Crippen LogP contribution in [0.3, 0.4) is 0 Å². The maximum absolute atomic E-state index is 5.91. The SMILES string of the molecule is COCC(Nc1nc(Cl)nc(-n2cncn2)n1)C(C)C. The van der Waals surface area contributed by atoms with Gasteiger partial charge >= 0.3 is 0 Å². The Balaban J connectivity index is 2.23. The largest absolute Gasteiger partial charge is 0.383 e. The number of anilines is 1. The van der Waals surface area contributed by atoms with Crippen LogP contribution in [0, 0.1) is 5.92 Å². The fraction of sp³-hybridized carbons (Fsp3) is 0.545. The van der Waals surface area contributed by atoms with Gasteiger partial charge in [-0.25, -0.2) is 4.98 Å². The molecule has 9 heteroatoms. The summed E-state index contributed by atoms with van der Waals surface area (Å²) in [6.45, 7) is 4.70. The molecule has 0 amide bonds. The summed E-state index contributed by atoms with van der Waals surface area (Å²) in [7, 11) is 1.65. The molecule has 1 atom stereocenters. The van der Waals surface area contributed by atoms with E-state index in [4.69, 9.17) is 16.3 Å². The molecule has 108 valence electrons. The Kier molecular flexibility index (Phi) is 4.80. The minimum Gasteiger partial charge on any atom is -0.383 e. The van der Waals surface area contributed by atoms with Gasteiger partial charge in [0.2, 0.25) is 11.2 Å². The summed E-state index contributed by atoms with van der Waals surface area (Å²) < 4.78 is 6.59. The molecule has 2 aromatic rings. The van der Waals surface area contributed by atoms with E-state index in [9.17, 15) is 0 Å². The summed E-state index contributed by atoms with van der Waals surface area (Å²) in [6, 6.07) is 0.0714. The maximum atomic E-state index is 5.91. The Hall–Kier alpha value is -1.80. The first-order valence-electron chi connectivity index (χ1n) is 6.12. The van der Waals surface area contributed by atoms with Gasteiger partial charge in [-0.3, -0.25) is 0 Å². The molecule has 0 aliphatic rings. The Morgan fingerprint density at radius 1 is 1.35 bits per heavy atom. The molecule has 8 nitrogen and oxygen atoms in total. The highest BCUT2D eigenvalue weighted by atomic mass is 35.5. The molecule has 0 spiro atoms. The Morgan fingerprint density at radius 2 is 2.15 bits per heavy atom. The topological polar surface area (TPSA) is 90.6 Å². The van der Waals surface area contributed by atoms with Gasteiger partial charge in [-0.15, -0.1) is 0 Å². The molecule has 0 fully saturated rings. The van der Waals surface area contributed by atoms with Gasteiger partial charge in [0.25, 0.3) is 5.95 Å². The molecule has 1 N–H and O–H groups in total. The monoisotopic (exact) mass is 297 g/mol. The first-order chi connectivity index (χ1) is 9.60. The second kappa shape index (κ2) is 6.58. The molecule has 0 aromatic carbocycles. The quantitative estimate of drug-likeness (QED) is 0.856. The lowest BCUT2D eigenvalue weighted by Gasteiger charge is -2.21. The van der Waals surface area contributed by atoms with Crippen molar-refractivity contribution in [3.63, 3.8) is 0 Å². The number of methoxy groups -OCH3 is 1. The predicted octanol–water partition coefficient (Wildman–Crippen LogP) is 1.19. The Morgan fingerprint density at radius 3 is 2.75 bits per heavy atom. The number of ether oxygens (including phenoxy) is 1. The van der Waals surface area contributed by atoms with Gasteiger partial charge in [0, 0.05) is 7.11 Å². The van der Waals surface area contributed by atoms with Crippen molar-refractivity contribution in [1.82, 2.24) is 29.7 Å². The summed E-state index contributed by atoms with van der Waals surface area (Å²) in [5.41, 5.74) is 0. The van der Waals surface area contributed by atoms with Crippen molar-refractivity contribution in [3.05, 3.63) is 17.9 Å². The number of hydrogen-bond acceptors (Lipinski definition) is 7. The van der Waals surface area contributed by atoms with Crippen LogP contribution in [0.1, 0.15) is 13.8 Å². The number of hydrogen-bond donors (Lipinski definition) is 1. The number of rotatable bonds is 6. The summed E-state index contributed by atoms with van der Waals surface area (Å²) in [4.78, 5) is 16.2. The highest BCUT2D eigenvalue weighted by molar-refractivity contribution is 6.28. The molecule has 20 heavy (non-hydrogen) atoms. The molecule has 0 saturated heterocycles. The molecule has 0 radical (unpaired) electrons. The molecular formula is C11H16ClN7O. The summed E-state index contributed by atoms with van der Waals surface area (Å²) in [6.07, 6.45) is 2.89. The summed E-state index contributed by atoms with van der Waals surface area (Å²) in [5.74, 6) is 1.04. The first-order valence-corrected chi connectivity index (χ1v) is 6.50. The molecule has 2 heterocycles. The zero-order chi connectivity index (χ0) is 14.5. The number of halogens is 1. The molecule has 0 aliphatic heterocycles. The number of aromatic nitrogens is 6. The van der Waals surface area contributed by atoms with E-state index in [1.165, 1.54) is 17.3 Å². The zero-order valence-electron chi connectivity index (χ0n) is 11.5. The van der Waals surface area contributed by atoms with E-state index < -0.39 is 0 Å². The van der Waals surface area contributed by atoms with Gasteiger partial charge < -0.3 is 10.1 Å². The van der Waals surface area contributed by atoms with Crippen molar-refractivity contribution in [2.24, 2.45) is 5.92 Å². The van der Waals surface area contributed by atoms with Crippen LogP contribution in [-0.4, -0.2) is 49.5 Å². The predicted molar refractivity (Wildman–Crippen MR) is 73.9 cm³/mol. The Bertz CT molecular complexity index is 546. The Labute approximate surface area is 121 Å². The third-order valence-corrected chi connectivity index (χ3v) is 2.85. The fourth-order valence-electron chi connectivity index (χ4n) is 1.56. The van der Waals surface area contributed by atoms with Crippen LogP contribution < -0.4 is 5.32 Å². The van der Waals surface area contributed by atoms with Crippen molar-refractivity contribution in [1.29, 1.82) is 0 Å².